The number of ether oxygens (including phenoxy) is 12. The Hall–Kier alpha value is -1.27. The van der Waals surface area contributed by atoms with Crippen LogP contribution in [0.25, 0.3) is 0 Å². The minimum absolute atomic E-state index is 1.01. The first kappa shape index (κ1) is 53.5. The van der Waals surface area contributed by atoms with Crippen molar-refractivity contribution in [1.29, 1.82) is 0 Å². The fraction of sp³-hybridized carbons (Fsp3) is 1.00. The third-order valence-corrected chi connectivity index (χ3v) is 12.7. The molecule has 22 aliphatic heterocycles. The van der Waals surface area contributed by atoms with Crippen LogP contribution in [0.5, 0.6) is 0 Å². The summed E-state index contributed by atoms with van der Waals surface area (Å²) in [6.07, 6.45) is -59.9. The van der Waals surface area contributed by atoms with Crippen LogP contribution >= 0.6 is 0 Å². The molecule has 30 atom stereocenters. The summed E-state index contributed by atoms with van der Waals surface area (Å²) < 4.78 is 82.1. The molecule has 0 spiro atoms. The van der Waals surface area contributed by atoms with Gasteiger partial charge >= 0.3 is 0 Å². The van der Waals surface area contributed by atoms with Gasteiger partial charge in [-0.2, -0.15) is 4.94 Å². The van der Waals surface area contributed by atoms with Gasteiger partial charge in [0, 0.05) is 0 Å². The third-order valence-electron chi connectivity index (χ3n) is 12.7. The second kappa shape index (κ2) is 22.7. The normalized spacial score (nSPS) is 54.7. The van der Waals surface area contributed by atoms with E-state index in [1.807, 2.05) is 0 Å². The quantitative estimate of drug-likeness (QED) is 0.113. The number of aliphatic hydroxyl groups is 17. The van der Waals surface area contributed by atoms with Gasteiger partial charge in [-0.25, -0.2) is 0 Å². The van der Waals surface area contributed by atoms with Crippen molar-refractivity contribution in [2.75, 3.05) is 39.6 Å². The van der Waals surface area contributed by atoms with Crippen molar-refractivity contribution in [3.05, 3.63) is 0 Å². The molecule has 0 amide bonds. The molecule has 0 aromatic carbocycles. The van der Waals surface area contributed by atoms with Crippen molar-refractivity contribution in [2.24, 2.45) is 0 Å². The molecule has 22 fully saturated rings. The number of aliphatic hydroxyl groups excluding tert-OH is 17. The first-order valence-corrected chi connectivity index (χ1v) is 21.2. The molecule has 67 heavy (non-hydrogen) atoms. The van der Waals surface area contributed by atoms with Crippen LogP contribution in [-0.2, 0) is 61.8 Å². The lowest BCUT2D eigenvalue weighted by Crippen LogP contribution is -2.69. The van der Waals surface area contributed by atoms with Crippen LogP contribution in [0, 0.1) is 0 Å². The number of hydrogen-bond acceptors (Lipinski definition) is 30. The Morgan fingerprint density at radius 2 is 0.433 bits per heavy atom. The molecule has 31 heteroatoms. The second-order valence-electron chi connectivity index (χ2n) is 16.9. The van der Waals surface area contributed by atoms with Gasteiger partial charge in [-0.1, -0.05) is 0 Å². The molecule has 0 saturated carbocycles. The maximum atomic E-state index is 14.4. The average molecular weight is 991 g/mol. The molecule has 390 valence electrons. The zero-order valence-corrected chi connectivity index (χ0v) is 34.9. The molecule has 0 radical (unpaired) electrons. The molecular formula is C36H59FO30. The van der Waals surface area contributed by atoms with Crippen LogP contribution in [0.15, 0.2) is 0 Å². The molecule has 12 bridgehead atoms. The molecule has 0 aromatic rings. The molecule has 22 heterocycles. The molecule has 22 rings (SSSR count). The molecule has 0 aromatic heterocycles. The largest absolute Gasteiger partial charge is 0.394 e. The fourth-order valence-corrected chi connectivity index (χ4v) is 9.01. The van der Waals surface area contributed by atoms with Crippen LogP contribution in [-0.4, -0.2) is 311 Å². The smallest absolute Gasteiger partial charge is 0.187 e. The summed E-state index contributed by atoms with van der Waals surface area (Å²) in [5, 5.41) is 185. The van der Waals surface area contributed by atoms with Gasteiger partial charge in [0.2, 0.25) is 0 Å². The van der Waals surface area contributed by atoms with E-state index in [-0.39, 0.29) is 0 Å². The van der Waals surface area contributed by atoms with Gasteiger partial charge in [-0.15, -0.1) is 0 Å². The molecule has 30 nitrogen and oxygen atoms in total. The summed E-state index contributed by atoms with van der Waals surface area (Å²) in [7, 11) is 0. The van der Waals surface area contributed by atoms with Gasteiger partial charge < -0.3 is 144 Å². The lowest BCUT2D eigenvalue weighted by atomic mass is 9.94. The summed E-state index contributed by atoms with van der Waals surface area (Å²) in [5.74, 6) is 0. The topological polar surface area (TPSA) is 464 Å². The summed E-state index contributed by atoms with van der Waals surface area (Å²) in [4.78, 5) is 3.96. The van der Waals surface area contributed by atoms with E-state index in [0.717, 1.165) is 0 Å². The average Bonchev–Trinajstić information content (AvgIpc) is 3.32. The van der Waals surface area contributed by atoms with E-state index in [2.05, 4.69) is 4.94 Å². The van der Waals surface area contributed by atoms with Gasteiger partial charge in [0.15, 0.2) is 43.8 Å². The van der Waals surface area contributed by atoms with E-state index in [1.54, 1.807) is 0 Å². The lowest BCUT2D eigenvalue weighted by Gasteiger charge is -2.50. The number of hydrogen-bond donors (Lipinski definition) is 17. The van der Waals surface area contributed by atoms with Gasteiger partial charge in [0.25, 0.3) is 0 Å². The highest BCUT2D eigenvalue weighted by atomic mass is 19.3. The molecule has 0 unspecified atom stereocenters. The highest BCUT2D eigenvalue weighted by Gasteiger charge is 2.59. The van der Waals surface area contributed by atoms with Crippen LogP contribution < -0.4 is 0 Å². The molecule has 22 aliphatic rings. The van der Waals surface area contributed by atoms with Crippen molar-refractivity contribution in [2.45, 2.75) is 184 Å². The van der Waals surface area contributed by atoms with Crippen molar-refractivity contribution >= 4 is 0 Å². The summed E-state index contributed by atoms with van der Waals surface area (Å²) in [6.45, 7) is -6.20. The summed E-state index contributed by atoms with van der Waals surface area (Å²) in [5.41, 5.74) is 0. The van der Waals surface area contributed by atoms with Crippen LogP contribution in [0.4, 0.5) is 4.53 Å². The van der Waals surface area contributed by atoms with Crippen LogP contribution in [0.2, 0.25) is 0 Å². The maximum Gasteiger partial charge on any atom is 0.187 e. The lowest BCUT2D eigenvalue weighted by molar-refractivity contribution is -0.411. The Labute approximate surface area is 377 Å². The Morgan fingerprint density at radius 1 is 0.254 bits per heavy atom. The minimum atomic E-state index is -2.29. The molecule has 17 N–H and O–H groups in total. The third kappa shape index (κ3) is 10.4. The number of halogens is 1. The minimum Gasteiger partial charge on any atom is -0.394 e. The van der Waals surface area contributed by atoms with Crippen molar-refractivity contribution in [3.8, 4) is 0 Å². The van der Waals surface area contributed by atoms with E-state index < -0.39 is 224 Å². The second-order valence-corrected chi connectivity index (χ2v) is 16.9. The van der Waals surface area contributed by atoms with Crippen molar-refractivity contribution < 1.29 is 153 Å². The zero-order valence-electron chi connectivity index (χ0n) is 34.9. The predicted molar refractivity (Wildman–Crippen MR) is 196 cm³/mol. The van der Waals surface area contributed by atoms with Crippen molar-refractivity contribution in [1.82, 2.24) is 0 Å². The SMILES string of the molecule is OC[C@H]1O[C@@H]2O[C@H]3[C@H](O)[C@@H](O)[C@@H](O[C@H]4[C@H](O)[C@@H](O)[C@@H](O[C@H]5[C@H](O)[C@@H](O)[C@@H](O[C@H]6[C@H](O)[C@@H](O)[C@@H](O[C@H]7[C@H](O)[C@@H](O)[C@@H](O[C@@H]1[C@H](OF)[C@H]2O)O[C@@H]7CO)O[C@@H]6CO)O[C@@H]5CO)O[C@@H]4CO)O[C@@H]3CO. The highest BCUT2D eigenvalue weighted by molar-refractivity contribution is 5.01. The van der Waals surface area contributed by atoms with Gasteiger partial charge in [-0.3, -0.25) is 0 Å². The van der Waals surface area contributed by atoms with E-state index in [9.17, 15) is 91.3 Å². The van der Waals surface area contributed by atoms with E-state index in [0.29, 0.717) is 0 Å². The van der Waals surface area contributed by atoms with Crippen LogP contribution in [0.3, 0.4) is 0 Å². The molecule has 0 aliphatic carbocycles. The van der Waals surface area contributed by atoms with Gasteiger partial charge in [0.1, 0.15) is 140 Å². The van der Waals surface area contributed by atoms with Gasteiger partial charge in [0.05, 0.1) is 39.6 Å². The van der Waals surface area contributed by atoms with E-state index >= 15 is 0 Å². The standard InChI is InChI=1S/C36H59FO30/c37-67-30-23(54)36-60-12(6-43)29(30)66-35-22(53)17(48)27(10(4-41)59-35)64-33-20(51)15(46)25(8(2-39)57-33)62-31-18(49)13(44)24(7(1-38)55-31)61-32-19(50)14(45)26(9(3-40)56-32)63-34-21(52)16(47)28(65-36)11(5-42)58-34/h7-36,38-54H,1-6H2/t7-,8-,9-,10-,11-,12-,13-,14-,15-,16-,17-,18-,19-,20-,21-,22-,23-,24-,25-,26-,27-,28-,29+,30-,31-,32-,33-,34-,35-,36-/m1/s1. The van der Waals surface area contributed by atoms with E-state index in [4.69, 9.17) is 56.8 Å². The molecule has 22 saturated heterocycles. The first-order valence-electron chi connectivity index (χ1n) is 21.2. The Bertz CT molecular complexity index is 1530. The number of rotatable bonds is 7. The monoisotopic (exact) mass is 990 g/mol. The van der Waals surface area contributed by atoms with Crippen LogP contribution in [0.1, 0.15) is 0 Å². The fourth-order valence-electron chi connectivity index (χ4n) is 9.01. The van der Waals surface area contributed by atoms with E-state index in [1.165, 1.54) is 0 Å². The Balaban J connectivity index is 1.20. The predicted octanol–water partition coefficient (Wildman–Crippen LogP) is -12.1. The summed E-state index contributed by atoms with van der Waals surface area (Å²) >= 11 is 0. The Morgan fingerprint density at radius 3 is 0.627 bits per heavy atom. The van der Waals surface area contributed by atoms with Gasteiger partial charge in [-0.05, 0) is 4.53 Å². The first-order chi connectivity index (χ1) is 32.0. The zero-order chi connectivity index (χ0) is 48.8. The van der Waals surface area contributed by atoms with Crippen molar-refractivity contribution in [3.63, 3.8) is 0 Å². The Kier molecular flexibility index (Phi) is 18.1. The molecular weight excluding hydrogens is 931 g/mol. The maximum absolute atomic E-state index is 14.4. The highest BCUT2D eigenvalue weighted by Crippen LogP contribution is 2.38. The summed E-state index contributed by atoms with van der Waals surface area (Å²) in [6, 6.07) is 0.